The minimum absolute atomic E-state index is 0.0191. The highest BCUT2D eigenvalue weighted by Gasteiger charge is 2.51. The van der Waals surface area contributed by atoms with Gasteiger partial charge in [-0.15, -0.1) is 0 Å². The monoisotopic (exact) mass is 662 g/mol. The van der Waals surface area contributed by atoms with Crippen LogP contribution < -0.4 is 0 Å². The van der Waals surface area contributed by atoms with Crippen LogP contribution in [0, 0.1) is 0 Å². The van der Waals surface area contributed by atoms with E-state index in [9.17, 15) is 30.0 Å². The van der Waals surface area contributed by atoms with Crippen LogP contribution in [-0.4, -0.2) is 139 Å². The van der Waals surface area contributed by atoms with E-state index in [2.05, 4.69) is 0 Å². The van der Waals surface area contributed by atoms with Gasteiger partial charge in [0.25, 0.3) is 0 Å². The summed E-state index contributed by atoms with van der Waals surface area (Å²) in [5.74, 6) is -1.34. The lowest BCUT2D eigenvalue weighted by atomic mass is 9.98. The summed E-state index contributed by atoms with van der Waals surface area (Å²) >= 11 is 0. The van der Waals surface area contributed by atoms with Gasteiger partial charge in [-0.2, -0.15) is 0 Å². The molecule has 4 rings (SSSR count). The Hall–Kier alpha value is -2.22. The Balaban J connectivity index is 1.36. The van der Waals surface area contributed by atoms with E-state index >= 15 is 0 Å². The lowest BCUT2D eigenvalue weighted by Crippen LogP contribution is -2.62. The topological polar surface area (TPSA) is 211 Å². The fourth-order valence-corrected chi connectivity index (χ4v) is 5.22. The summed E-state index contributed by atoms with van der Waals surface area (Å²) in [6.07, 6.45) is -12.9. The zero-order chi connectivity index (χ0) is 33.4. The SMILES string of the molecule is CC(C)O[C@@H]1OC(C(=O)OCC2CCCO2)[C@@H](OCCO[C@@H]2OC(C(=O)OCc3ccco3)[C@@H](OC(C)C)[C@H](O)[C@@H]2O)[C@H](O)[C@@H]1O. The average molecular weight is 663 g/mol. The molecule has 0 amide bonds. The zero-order valence-electron chi connectivity index (χ0n) is 26.4. The molecule has 3 saturated heterocycles. The average Bonchev–Trinajstić information content (AvgIpc) is 3.74. The number of rotatable bonds is 15. The van der Waals surface area contributed by atoms with Crippen LogP contribution in [0.1, 0.15) is 46.3 Å². The molecule has 3 unspecified atom stereocenters. The van der Waals surface area contributed by atoms with Crippen molar-refractivity contribution in [1.29, 1.82) is 0 Å². The number of hydrogen-bond acceptors (Lipinski definition) is 16. The first-order chi connectivity index (χ1) is 22.0. The first-order valence-electron chi connectivity index (χ1n) is 15.5. The third kappa shape index (κ3) is 9.67. The van der Waals surface area contributed by atoms with Gasteiger partial charge in [-0.1, -0.05) is 0 Å². The van der Waals surface area contributed by atoms with Crippen molar-refractivity contribution in [1.82, 2.24) is 0 Å². The van der Waals surface area contributed by atoms with Gasteiger partial charge >= 0.3 is 11.9 Å². The normalized spacial score (nSPS) is 35.0. The van der Waals surface area contributed by atoms with Gasteiger partial charge in [-0.25, -0.2) is 9.59 Å². The molecule has 0 bridgehead atoms. The molecule has 46 heavy (non-hydrogen) atoms. The van der Waals surface area contributed by atoms with Gasteiger partial charge in [0.1, 0.15) is 55.6 Å². The number of ether oxygens (including phenoxy) is 9. The van der Waals surface area contributed by atoms with Gasteiger partial charge in [-0.05, 0) is 52.7 Å². The molecule has 16 nitrogen and oxygen atoms in total. The van der Waals surface area contributed by atoms with Crippen molar-refractivity contribution >= 4 is 11.9 Å². The molecule has 0 spiro atoms. The predicted molar refractivity (Wildman–Crippen MR) is 152 cm³/mol. The summed E-state index contributed by atoms with van der Waals surface area (Å²) in [4.78, 5) is 26.0. The maximum atomic E-state index is 13.0. The fourth-order valence-electron chi connectivity index (χ4n) is 5.22. The van der Waals surface area contributed by atoms with Crippen LogP contribution in [0.15, 0.2) is 22.8 Å². The van der Waals surface area contributed by atoms with E-state index in [1.165, 1.54) is 6.26 Å². The van der Waals surface area contributed by atoms with Gasteiger partial charge in [0, 0.05) is 6.61 Å². The maximum absolute atomic E-state index is 13.0. The second kappa shape index (κ2) is 17.3. The molecule has 3 fully saturated rings. The van der Waals surface area contributed by atoms with Crippen molar-refractivity contribution in [2.24, 2.45) is 0 Å². The fraction of sp³-hybridized carbons (Fsp3) is 0.800. The summed E-state index contributed by atoms with van der Waals surface area (Å²) in [6.45, 7) is 6.52. The first kappa shape index (κ1) is 36.6. The van der Waals surface area contributed by atoms with Crippen molar-refractivity contribution in [3.8, 4) is 0 Å². The van der Waals surface area contributed by atoms with E-state index in [0.29, 0.717) is 12.4 Å². The van der Waals surface area contributed by atoms with Crippen molar-refractivity contribution < 1.29 is 77.1 Å². The van der Waals surface area contributed by atoms with E-state index in [-0.39, 0.29) is 32.5 Å². The third-order valence-electron chi connectivity index (χ3n) is 7.44. The number of hydrogen-bond donors (Lipinski definition) is 4. The van der Waals surface area contributed by atoms with Crippen LogP contribution in [0.2, 0.25) is 0 Å². The number of carbonyl (C=O) groups excluding carboxylic acids is 2. The summed E-state index contributed by atoms with van der Waals surface area (Å²) in [6, 6.07) is 3.24. The minimum atomic E-state index is -1.63. The van der Waals surface area contributed by atoms with Gasteiger partial charge < -0.3 is 67.5 Å². The minimum Gasteiger partial charge on any atom is -0.466 e. The summed E-state index contributed by atoms with van der Waals surface area (Å²) < 4.78 is 55.3. The molecule has 16 heteroatoms. The standard InChI is InChI=1S/C30H46O16/c1-15(2)43-24-20(32)21(33)29(45-26(24)28(36)42-14-18-8-6-10-38-18)40-12-11-39-23-19(31)22(34)30(44-16(3)4)46-25(23)27(35)41-13-17-7-5-9-37-17/h6,8,10,15-17,19-26,29-34H,5,7,9,11-14H2,1-4H3/t17?,19-,20-,21+,22+,23+,24+,25?,26?,29-,30-/m1/s1. The molecule has 262 valence electrons. The van der Waals surface area contributed by atoms with Crippen LogP contribution in [0.3, 0.4) is 0 Å². The summed E-state index contributed by atoms with van der Waals surface area (Å²) in [5, 5.41) is 43.1. The molecule has 11 atom stereocenters. The van der Waals surface area contributed by atoms with Crippen LogP contribution in [-0.2, 0) is 58.8 Å². The van der Waals surface area contributed by atoms with Gasteiger partial charge in [0.2, 0.25) is 0 Å². The van der Waals surface area contributed by atoms with Crippen molar-refractivity contribution in [3.63, 3.8) is 0 Å². The van der Waals surface area contributed by atoms with Gasteiger partial charge in [-0.3, -0.25) is 0 Å². The van der Waals surface area contributed by atoms with Gasteiger partial charge in [0.05, 0.1) is 37.8 Å². The molecular formula is C30H46O16. The maximum Gasteiger partial charge on any atom is 0.338 e. The van der Waals surface area contributed by atoms with E-state index in [1.54, 1.807) is 39.8 Å². The first-order valence-corrected chi connectivity index (χ1v) is 15.5. The molecule has 3 aliphatic rings. The number of aliphatic hydroxyl groups excluding tert-OH is 4. The Kier molecular flexibility index (Phi) is 13.7. The Bertz CT molecular complexity index is 1060. The Labute approximate surface area is 266 Å². The van der Waals surface area contributed by atoms with E-state index in [1.807, 2.05) is 0 Å². The number of esters is 2. The lowest BCUT2D eigenvalue weighted by Gasteiger charge is -2.42. The summed E-state index contributed by atoms with van der Waals surface area (Å²) in [5.41, 5.74) is 0. The highest BCUT2D eigenvalue weighted by atomic mass is 16.7. The quantitative estimate of drug-likeness (QED) is 0.138. The Morgan fingerprint density at radius 2 is 1.46 bits per heavy atom. The lowest BCUT2D eigenvalue weighted by molar-refractivity contribution is -0.317. The van der Waals surface area contributed by atoms with Crippen LogP contribution >= 0.6 is 0 Å². The number of furan rings is 1. The molecular weight excluding hydrogens is 616 g/mol. The zero-order valence-corrected chi connectivity index (χ0v) is 26.4. The smallest absolute Gasteiger partial charge is 0.338 e. The molecule has 3 aliphatic heterocycles. The molecule has 0 saturated carbocycles. The van der Waals surface area contributed by atoms with Gasteiger partial charge in [0.15, 0.2) is 24.8 Å². The van der Waals surface area contributed by atoms with E-state index in [0.717, 1.165) is 12.8 Å². The Morgan fingerprint density at radius 1 is 0.826 bits per heavy atom. The number of carbonyl (C=O) groups is 2. The summed E-state index contributed by atoms with van der Waals surface area (Å²) in [7, 11) is 0. The molecule has 1 aromatic rings. The molecule has 4 N–H and O–H groups in total. The molecule has 0 aromatic carbocycles. The molecule has 1 aromatic heterocycles. The van der Waals surface area contributed by atoms with Crippen molar-refractivity contribution in [2.75, 3.05) is 26.4 Å². The third-order valence-corrected chi connectivity index (χ3v) is 7.44. The Morgan fingerprint density at radius 3 is 2.11 bits per heavy atom. The second-order valence-corrected chi connectivity index (χ2v) is 11.8. The van der Waals surface area contributed by atoms with Crippen LogP contribution in [0.25, 0.3) is 0 Å². The highest BCUT2D eigenvalue weighted by molar-refractivity contribution is 5.76. The van der Waals surface area contributed by atoms with Crippen molar-refractivity contribution in [3.05, 3.63) is 24.2 Å². The number of aliphatic hydroxyl groups is 4. The molecule has 0 radical (unpaired) electrons. The molecule has 0 aliphatic carbocycles. The van der Waals surface area contributed by atoms with Crippen molar-refractivity contribution in [2.45, 2.75) is 127 Å². The van der Waals surface area contributed by atoms with Crippen LogP contribution in [0.4, 0.5) is 0 Å². The second-order valence-electron chi connectivity index (χ2n) is 11.8. The van der Waals surface area contributed by atoms with E-state index in [4.69, 9.17) is 47.0 Å². The van der Waals surface area contributed by atoms with Crippen LogP contribution in [0.5, 0.6) is 0 Å². The predicted octanol–water partition coefficient (Wildman–Crippen LogP) is -0.441. The molecule has 4 heterocycles. The highest BCUT2D eigenvalue weighted by Crippen LogP contribution is 2.29. The largest absolute Gasteiger partial charge is 0.466 e. The van der Waals surface area contributed by atoms with E-state index < -0.39 is 85.6 Å².